The topological polar surface area (TPSA) is 81.4 Å². The Labute approximate surface area is 187 Å². The van der Waals surface area contributed by atoms with E-state index in [0.29, 0.717) is 13.1 Å². The van der Waals surface area contributed by atoms with E-state index in [1.165, 1.54) is 0 Å². The smallest absolute Gasteiger partial charge is 0.228 e. The molecule has 4 heterocycles. The number of benzene rings is 1. The quantitative estimate of drug-likeness (QED) is 0.646. The molecule has 1 aromatic carbocycles. The van der Waals surface area contributed by atoms with Crippen LogP contribution < -0.4 is 10.2 Å². The maximum Gasteiger partial charge on any atom is 0.228 e. The molecule has 3 aromatic rings. The Morgan fingerprint density at radius 3 is 2.91 bits per heavy atom. The van der Waals surface area contributed by atoms with Crippen LogP contribution in [0.2, 0.25) is 0 Å². The average molecular weight is 436 g/mol. The number of hydrogen-bond donors (Lipinski definition) is 1. The molecule has 8 nitrogen and oxygen atoms in total. The molecule has 0 saturated carbocycles. The lowest BCUT2D eigenvalue weighted by Crippen LogP contribution is -2.38. The highest BCUT2D eigenvalue weighted by molar-refractivity contribution is 5.98. The maximum atomic E-state index is 13.0. The summed E-state index contributed by atoms with van der Waals surface area (Å²) in [6, 6.07) is 10.2. The third kappa shape index (κ3) is 4.02. The third-order valence-electron chi connectivity index (χ3n) is 6.38. The van der Waals surface area contributed by atoms with Crippen molar-refractivity contribution < 1.29 is 14.3 Å². The molecule has 0 bridgehead atoms. The summed E-state index contributed by atoms with van der Waals surface area (Å²) in [5.41, 5.74) is 3.08. The summed E-state index contributed by atoms with van der Waals surface area (Å²) >= 11 is 0. The monoisotopic (exact) mass is 435 g/mol. The van der Waals surface area contributed by atoms with Crippen molar-refractivity contribution in [2.75, 3.05) is 24.6 Å². The second kappa shape index (κ2) is 8.78. The highest BCUT2D eigenvalue weighted by Gasteiger charge is 2.26. The molecule has 1 atom stereocenters. The van der Waals surface area contributed by atoms with Gasteiger partial charge in [-0.1, -0.05) is 18.2 Å². The first-order valence-electron chi connectivity index (χ1n) is 11.4. The summed E-state index contributed by atoms with van der Waals surface area (Å²) in [5.74, 6) is 0.669. The lowest BCUT2D eigenvalue weighted by Gasteiger charge is -2.27. The molecule has 1 fully saturated rings. The lowest BCUT2D eigenvalue weighted by atomic mass is 10.1. The second-order valence-electron chi connectivity index (χ2n) is 8.62. The first kappa shape index (κ1) is 20.8. The SMILES string of the molecule is Cn1cc(-c2cc3n(n2)CCCN3C(=O)CCC(=O)NC[C@@H]2CCCO2)c2ccccc21. The number of amides is 2. The van der Waals surface area contributed by atoms with Gasteiger partial charge in [0, 0.05) is 74.9 Å². The van der Waals surface area contributed by atoms with E-state index >= 15 is 0 Å². The van der Waals surface area contributed by atoms with E-state index in [2.05, 4.69) is 28.2 Å². The van der Waals surface area contributed by atoms with Crippen LogP contribution in [0.4, 0.5) is 5.82 Å². The Hall–Kier alpha value is -3.13. The highest BCUT2D eigenvalue weighted by atomic mass is 16.5. The number of hydrogen-bond acceptors (Lipinski definition) is 4. The first-order valence-corrected chi connectivity index (χ1v) is 11.4. The molecule has 1 N–H and O–H groups in total. The molecular weight excluding hydrogens is 406 g/mol. The van der Waals surface area contributed by atoms with Gasteiger partial charge in [-0.3, -0.25) is 14.5 Å². The van der Waals surface area contributed by atoms with E-state index in [1.807, 2.05) is 29.9 Å². The number of ether oxygens (including phenoxy) is 1. The molecule has 32 heavy (non-hydrogen) atoms. The first-order chi connectivity index (χ1) is 15.6. The molecule has 0 radical (unpaired) electrons. The van der Waals surface area contributed by atoms with Crippen LogP contribution in [0.25, 0.3) is 22.2 Å². The zero-order valence-electron chi connectivity index (χ0n) is 18.4. The third-order valence-corrected chi connectivity index (χ3v) is 6.38. The number of fused-ring (bicyclic) bond motifs is 2. The number of aromatic nitrogens is 3. The number of carbonyl (C=O) groups excluding carboxylic acids is 2. The summed E-state index contributed by atoms with van der Waals surface area (Å²) < 4.78 is 9.54. The zero-order valence-corrected chi connectivity index (χ0v) is 18.4. The van der Waals surface area contributed by atoms with Crippen LogP contribution in [-0.4, -0.2) is 52.0 Å². The average Bonchev–Trinajstić information content (AvgIpc) is 3.55. The van der Waals surface area contributed by atoms with Crippen LogP contribution in [-0.2, 0) is 27.9 Å². The zero-order chi connectivity index (χ0) is 22.1. The summed E-state index contributed by atoms with van der Waals surface area (Å²) in [5, 5.41) is 8.84. The number of nitrogens with one attached hydrogen (secondary N) is 1. The molecule has 1 saturated heterocycles. The largest absolute Gasteiger partial charge is 0.376 e. The van der Waals surface area contributed by atoms with Crippen LogP contribution in [0.1, 0.15) is 32.1 Å². The van der Waals surface area contributed by atoms with Gasteiger partial charge in [0.25, 0.3) is 0 Å². The fraction of sp³-hybridized carbons (Fsp3) is 0.458. The summed E-state index contributed by atoms with van der Waals surface area (Å²) in [6.45, 7) is 2.73. The van der Waals surface area contributed by atoms with Crippen molar-refractivity contribution in [3.05, 3.63) is 36.5 Å². The van der Waals surface area contributed by atoms with E-state index < -0.39 is 0 Å². The number of rotatable bonds is 6. The number of aryl methyl sites for hydroxylation is 2. The van der Waals surface area contributed by atoms with Gasteiger partial charge in [0.15, 0.2) is 0 Å². The van der Waals surface area contributed by atoms with Crippen molar-refractivity contribution in [1.29, 1.82) is 0 Å². The van der Waals surface area contributed by atoms with E-state index in [0.717, 1.165) is 60.4 Å². The molecule has 8 heteroatoms. The van der Waals surface area contributed by atoms with Gasteiger partial charge in [0.1, 0.15) is 5.82 Å². The minimum Gasteiger partial charge on any atom is -0.376 e. The van der Waals surface area contributed by atoms with Gasteiger partial charge in [-0.15, -0.1) is 0 Å². The van der Waals surface area contributed by atoms with Gasteiger partial charge in [0.2, 0.25) is 11.8 Å². The van der Waals surface area contributed by atoms with Gasteiger partial charge >= 0.3 is 0 Å². The van der Waals surface area contributed by atoms with Crippen molar-refractivity contribution >= 4 is 28.5 Å². The van der Waals surface area contributed by atoms with E-state index in [9.17, 15) is 9.59 Å². The Balaban J connectivity index is 1.27. The Morgan fingerprint density at radius 1 is 1.19 bits per heavy atom. The van der Waals surface area contributed by atoms with Crippen molar-refractivity contribution in [1.82, 2.24) is 19.7 Å². The van der Waals surface area contributed by atoms with Gasteiger partial charge in [0.05, 0.1) is 11.8 Å². The fourth-order valence-corrected chi connectivity index (χ4v) is 4.69. The molecule has 0 spiro atoms. The maximum absolute atomic E-state index is 13.0. The standard InChI is InChI=1S/C24H29N5O3/c1-27-16-19(18-7-2-3-8-21(18)27)20-14-23-28(11-5-12-29(23)26-20)24(31)10-9-22(30)25-15-17-6-4-13-32-17/h2-3,7-8,14,16-17H,4-6,9-13,15H2,1H3,(H,25,30)/t17-/m0/s1. The predicted molar refractivity (Wildman–Crippen MR) is 122 cm³/mol. The number of nitrogens with zero attached hydrogens (tertiary/aromatic N) is 4. The van der Waals surface area contributed by atoms with Crippen molar-refractivity contribution in [2.45, 2.75) is 44.8 Å². The van der Waals surface area contributed by atoms with Crippen LogP contribution in [0.15, 0.2) is 36.5 Å². The molecule has 2 amide bonds. The van der Waals surface area contributed by atoms with Crippen molar-refractivity contribution in [3.8, 4) is 11.3 Å². The van der Waals surface area contributed by atoms with Crippen LogP contribution in [0.5, 0.6) is 0 Å². The second-order valence-corrected chi connectivity index (χ2v) is 8.62. The normalized spacial score (nSPS) is 18.2. The van der Waals surface area contributed by atoms with Gasteiger partial charge < -0.3 is 14.6 Å². The molecule has 0 unspecified atom stereocenters. The van der Waals surface area contributed by atoms with E-state index in [-0.39, 0.29) is 30.8 Å². The van der Waals surface area contributed by atoms with Gasteiger partial charge in [-0.2, -0.15) is 5.10 Å². The van der Waals surface area contributed by atoms with Crippen molar-refractivity contribution in [3.63, 3.8) is 0 Å². The lowest BCUT2D eigenvalue weighted by molar-refractivity contribution is -0.125. The Kier molecular flexibility index (Phi) is 5.70. The molecule has 0 aliphatic carbocycles. The summed E-state index contributed by atoms with van der Waals surface area (Å²) in [4.78, 5) is 26.9. The number of para-hydroxylation sites is 1. The molecule has 2 aromatic heterocycles. The van der Waals surface area contributed by atoms with Crippen molar-refractivity contribution in [2.24, 2.45) is 7.05 Å². The van der Waals surface area contributed by atoms with Gasteiger partial charge in [-0.05, 0) is 25.3 Å². The Morgan fingerprint density at radius 2 is 2.06 bits per heavy atom. The number of anilines is 1. The van der Waals surface area contributed by atoms with Crippen LogP contribution >= 0.6 is 0 Å². The number of carbonyl (C=O) groups is 2. The highest BCUT2D eigenvalue weighted by Crippen LogP contribution is 2.33. The molecule has 2 aliphatic rings. The molecule has 2 aliphatic heterocycles. The minimum atomic E-state index is -0.101. The summed E-state index contributed by atoms with van der Waals surface area (Å²) in [7, 11) is 2.03. The van der Waals surface area contributed by atoms with E-state index in [1.54, 1.807) is 4.90 Å². The summed E-state index contributed by atoms with van der Waals surface area (Å²) in [6.07, 6.45) is 5.44. The van der Waals surface area contributed by atoms with Crippen LogP contribution in [0.3, 0.4) is 0 Å². The van der Waals surface area contributed by atoms with Crippen LogP contribution in [0, 0.1) is 0 Å². The molecular formula is C24H29N5O3. The van der Waals surface area contributed by atoms with Gasteiger partial charge in [-0.25, -0.2) is 4.68 Å². The molecule has 5 rings (SSSR count). The predicted octanol–water partition coefficient (Wildman–Crippen LogP) is 2.85. The Bertz CT molecular complexity index is 1140. The molecule has 168 valence electrons. The van der Waals surface area contributed by atoms with E-state index in [4.69, 9.17) is 9.84 Å². The minimum absolute atomic E-state index is 0.0393. The fourth-order valence-electron chi connectivity index (χ4n) is 4.69.